The Balaban J connectivity index is 1.97. The fourth-order valence-corrected chi connectivity index (χ4v) is 3.17. The number of rotatable bonds is 2. The lowest BCUT2D eigenvalue weighted by molar-refractivity contribution is 0.444. The second kappa shape index (κ2) is 5.68. The molecule has 0 radical (unpaired) electrons. The van der Waals surface area contributed by atoms with Crippen molar-refractivity contribution in [2.45, 2.75) is 44.9 Å². The summed E-state index contributed by atoms with van der Waals surface area (Å²) in [4.78, 5) is 8.80. The highest BCUT2D eigenvalue weighted by Gasteiger charge is 2.16. The van der Waals surface area contributed by atoms with Crippen LogP contribution in [0.1, 0.15) is 49.3 Å². The van der Waals surface area contributed by atoms with E-state index in [1.54, 1.807) is 0 Å². The van der Waals surface area contributed by atoms with Gasteiger partial charge in [-0.3, -0.25) is 10.7 Å². The van der Waals surface area contributed by atoms with Gasteiger partial charge in [0.05, 0.1) is 11.2 Å². The summed E-state index contributed by atoms with van der Waals surface area (Å²) >= 11 is 0. The molecule has 0 atom stereocenters. The van der Waals surface area contributed by atoms with Crippen molar-refractivity contribution in [3.05, 3.63) is 29.5 Å². The second-order valence-electron chi connectivity index (χ2n) is 5.78. The number of benzene rings is 1. The molecule has 1 saturated carbocycles. The molecule has 5 heteroatoms. The van der Waals surface area contributed by atoms with Crippen LogP contribution in [-0.4, -0.2) is 15.9 Å². The minimum absolute atomic E-state index is 0.146. The quantitative estimate of drug-likeness (QED) is 0.583. The summed E-state index contributed by atoms with van der Waals surface area (Å²) in [5.41, 5.74) is 8.55. The summed E-state index contributed by atoms with van der Waals surface area (Å²) in [7, 11) is 0. The van der Waals surface area contributed by atoms with E-state index in [9.17, 15) is 0 Å². The molecule has 1 aromatic heterocycles. The maximum Gasteiger partial charge on any atom is 0.230 e. The molecule has 0 amide bonds. The van der Waals surface area contributed by atoms with Gasteiger partial charge in [-0.05, 0) is 43.4 Å². The monoisotopic (exact) mass is 283 g/mol. The summed E-state index contributed by atoms with van der Waals surface area (Å²) in [5.74, 6) is 0.920. The highest BCUT2D eigenvalue weighted by Crippen LogP contribution is 2.34. The number of nitrogens with one attached hydrogen (secondary N) is 2. The van der Waals surface area contributed by atoms with Gasteiger partial charge < -0.3 is 5.73 Å². The molecular weight excluding hydrogens is 262 g/mol. The third-order valence-electron chi connectivity index (χ3n) is 4.23. The Hall–Kier alpha value is -2.17. The number of nitrogens with two attached hydrogens (primary N) is 1. The topological polar surface area (TPSA) is 87.7 Å². The minimum Gasteiger partial charge on any atom is -0.370 e. The zero-order valence-corrected chi connectivity index (χ0v) is 12.3. The average molecular weight is 283 g/mol. The molecule has 0 saturated heterocycles. The molecule has 1 aromatic carbocycles. The van der Waals surface area contributed by atoms with Gasteiger partial charge in [0.1, 0.15) is 0 Å². The van der Waals surface area contributed by atoms with Crippen molar-refractivity contribution in [1.29, 1.82) is 5.41 Å². The second-order valence-corrected chi connectivity index (χ2v) is 5.78. The fraction of sp³-hybridized carbons (Fsp3) is 0.438. The largest absolute Gasteiger partial charge is 0.370 e. The van der Waals surface area contributed by atoms with Crippen LogP contribution in [0.3, 0.4) is 0 Å². The van der Waals surface area contributed by atoms with E-state index in [-0.39, 0.29) is 5.96 Å². The number of aromatic nitrogens is 2. The van der Waals surface area contributed by atoms with Crippen molar-refractivity contribution in [2.75, 3.05) is 5.32 Å². The van der Waals surface area contributed by atoms with E-state index in [0.717, 1.165) is 16.6 Å². The van der Waals surface area contributed by atoms with E-state index >= 15 is 0 Å². The molecule has 0 unspecified atom stereocenters. The maximum absolute atomic E-state index is 7.26. The van der Waals surface area contributed by atoms with E-state index < -0.39 is 0 Å². The van der Waals surface area contributed by atoms with Gasteiger partial charge in [0.2, 0.25) is 5.95 Å². The van der Waals surface area contributed by atoms with Crippen LogP contribution in [0.2, 0.25) is 0 Å². The summed E-state index contributed by atoms with van der Waals surface area (Å²) in [6.07, 6.45) is 6.61. The molecule has 110 valence electrons. The summed E-state index contributed by atoms with van der Waals surface area (Å²) in [6, 6.07) is 6.47. The smallest absolute Gasteiger partial charge is 0.230 e. The third kappa shape index (κ3) is 2.96. The highest BCUT2D eigenvalue weighted by molar-refractivity contribution is 5.90. The van der Waals surface area contributed by atoms with Crippen LogP contribution in [0, 0.1) is 12.3 Å². The van der Waals surface area contributed by atoms with Crippen LogP contribution in [0.25, 0.3) is 10.9 Å². The van der Waals surface area contributed by atoms with Crippen molar-refractivity contribution in [1.82, 2.24) is 9.97 Å². The normalized spacial score (nSPS) is 16.0. The van der Waals surface area contributed by atoms with Crippen LogP contribution >= 0.6 is 0 Å². The van der Waals surface area contributed by atoms with Crippen LogP contribution in [0.4, 0.5) is 5.95 Å². The zero-order valence-electron chi connectivity index (χ0n) is 12.3. The lowest BCUT2D eigenvalue weighted by atomic mass is 9.83. The van der Waals surface area contributed by atoms with Crippen LogP contribution < -0.4 is 11.1 Å². The van der Waals surface area contributed by atoms with E-state index in [1.165, 1.54) is 37.7 Å². The van der Waals surface area contributed by atoms with E-state index in [4.69, 9.17) is 11.1 Å². The van der Waals surface area contributed by atoms with E-state index in [1.807, 2.05) is 6.92 Å². The number of anilines is 1. The molecule has 0 aliphatic heterocycles. The Kier molecular flexibility index (Phi) is 3.73. The Morgan fingerprint density at radius 1 is 1.24 bits per heavy atom. The molecule has 0 bridgehead atoms. The first-order valence-electron chi connectivity index (χ1n) is 7.53. The van der Waals surface area contributed by atoms with Gasteiger partial charge >= 0.3 is 0 Å². The van der Waals surface area contributed by atoms with Crippen molar-refractivity contribution in [3.8, 4) is 0 Å². The van der Waals surface area contributed by atoms with E-state index in [0.29, 0.717) is 11.9 Å². The number of aryl methyl sites for hydroxylation is 1. The SMILES string of the molecule is Cc1nc(NC(=N)N)nc2ccc(C3CCCCC3)cc12. The number of nitrogens with zero attached hydrogens (tertiary/aromatic N) is 2. The molecule has 1 aliphatic carbocycles. The first-order chi connectivity index (χ1) is 10.1. The first-order valence-corrected chi connectivity index (χ1v) is 7.53. The van der Waals surface area contributed by atoms with Gasteiger partial charge in [-0.1, -0.05) is 25.3 Å². The number of fused-ring (bicyclic) bond motifs is 1. The lowest BCUT2D eigenvalue weighted by Crippen LogP contribution is -2.22. The Bertz CT molecular complexity index is 674. The molecule has 5 nitrogen and oxygen atoms in total. The van der Waals surface area contributed by atoms with Crippen molar-refractivity contribution < 1.29 is 0 Å². The number of guanidine groups is 1. The predicted octanol–water partition coefficient (Wildman–Crippen LogP) is 3.29. The predicted molar refractivity (Wildman–Crippen MR) is 85.6 cm³/mol. The number of hydrogen-bond acceptors (Lipinski definition) is 3. The summed E-state index contributed by atoms with van der Waals surface area (Å²) in [5, 5.41) is 11.0. The molecule has 3 rings (SSSR count). The molecule has 1 aliphatic rings. The van der Waals surface area contributed by atoms with Gasteiger partial charge in [-0.25, -0.2) is 9.97 Å². The van der Waals surface area contributed by atoms with Crippen molar-refractivity contribution in [2.24, 2.45) is 5.73 Å². The molecule has 4 N–H and O–H groups in total. The molecular formula is C16H21N5. The summed E-state index contributed by atoms with van der Waals surface area (Å²) in [6.45, 7) is 1.97. The van der Waals surface area contributed by atoms with Crippen LogP contribution in [-0.2, 0) is 0 Å². The van der Waals surface area contributed by atoms with Gasteiger partial charge in [0.15, 0.2) is 5.96 Å². The molecule has 1 heterocycles. The van der Waals surface area contributed by atoms with Crippen LogP contribution in [0.15, 0.2) is 18.2 Å². The molecule has 0 spiro atoms. The average Bonchev–Trinajstić information content (AvgIpc) is 2.47. The fourth-order valence-electron chi connectivity index (χ4n) is 3.17. The first kappa shape index (κ1) is 13.8. The Morgan fingerprint density at radius 3 is 2.71 bits per heavy atom. The highest BCUT2D eigenvalue weighted by atomic mass is 15.2. The van der Waals surface area contributed by atoms with Gasteiger partial charge in [-0.2, -0.15) is 0 Å². The van der Waals surface area contributed by atoms with Crippen molar-refractivity contribution in [3.63, 3.8) is 0 Å². The van der Waals surface area contributed by atoms with Gasteiger partial charge in [-0.15, -0.1) is 0 Å². The van der Waals surface area contributed by atoms with Gasteiger partial charge in [0.25, 0.3) is 0 Å². The Morgan fingerprint density at radius 2 is 2.00 bits per heavy atom. The molecule has 2 aromatic rings. The lowest BCUT2D eigenvalue weighted by Gasteiger charge is -2.22. The third-order valence-corrected chi connectivity index (χ3v) is 4.23. The number of hydrogen-bond donors (Lipinski definition) is 3. The standard InChI is InChI=1S/C16H21N5/c1-10-13-9-12(11-5-3-2-4-6-11)7-8-14(13)20-16(19-10)21-15(17)18/h7-9,11H,2-6H2,1H3,(H4,17,18,19,20,21). The molecule has 21 heavy (non-hydrogen) atoms. The molecule has 1 fully saturated rings. The van der Waals surface area contributed by atoms with E-state index in [2.05, 4.69) is 33.5 Å². The zero-order chi connectivity index (χ0) is 14.8. The van der Waals surface area contributed by atoms with Crippen molar-refractivity contribution >= 4 is 22.8 Å². The Labute approximate surface area is 124 Å². The van der Waals surface area contributed by atoms with Gasteiger partial charge in [0, 0.05) is 5.39 Å². The minimum atomic E-state index is -0.146. The maximum atomic E-state index is 7.26. The van der Waals surface area contributed by atoms with Crippen LogP contribution in [0.5, 0.6) is 0 Å². The summed E-state index contributed by atoms with van der Waals surface area (Å²) < 4.78 is 0.